The second kappa shape index (κ2) is 7.07. The summed E-state index contributed by atoms with van der Waals surface area (Å²) in [7, 11) is 0. The lowest BCUT2D eigenvalue weighted by atomic mass is 10.3. The molecule has 15 heavy (non-hydrogen) atoms. The lowest BCUT2D eigenvalue weighted by Gasteiger charge is -1.93. The molecule has 0 unspecified atom stereocenters. The van der Waals surface area contributed by atoms with Gasteiger partial charge in [-0.3, -0.25) is 0 Å². The first kappa shape index (κ1) is 12.6. The molecule has 0 aliphatic rings. The van der Waals surface area contributed by atoms with E-state index in [4.69, 9.17) is 5.11 Å². The number of hydrogen-bond donors (Lipinski definition) is 2. The van der Waals surface area contributed by atoms with Crippen LogP contribution in [0.4, 0.5) is 5.69 Å². The van der Waals surface area contributed by atoms with Crippen LogP contribution in [-0.2, 0) is 4.79 Å². The third-order valence-corrected chi connectivity index (χ3v) is 1.17. The van der Waals surface area contributed by atoms with E-state index in [0.29, 0.717) is 5.69 Å². The van der Waals surface area contributed by atoms with Gasteiger partial charge in [0.2, 0.25) is 0 Å². The Hall–Kier alpha value is -2.37. The molecular formula is C9H10N2O4. The molecule has 2 N–H and O–H groups in total. The van der Waals surface area contributed by atoms with E-state index in [2.05, 4.69) is 6.58 Å². The molecule has 0 bridgehead atoms. The van der Waals surface area contributed by atoms with Crippen LogP contribution in [0.1, 0.15) is 0 Å². The van der Waals surface area contributed by atoms with E-state index < -0.39 is 11.0 Å². The van der Waals surface area contributed by atoms with Crippen molar-refractivity contribution >= 4 is 11.7 Å². The Bertz CT molecular complexity index is 337. The topological polar surface area (TPSA) is 92.5 Å². The zero-order valence-electron chi connectivity index (χ0n) is 7.79. The van der Waals surface area contributed by atoms with Crippen molar-refractivity contribution in [3.05, 3.63) is 53.1 Å². The summed E-state index contributed by atoms with van der Waals surface area (Å²) in [5.41, 5.74) is 2.52. The quantitative estimate of drug-likeness (QED) is 0.448. The molecule has 1 rings (SSSR count). The zero-order valence-corrected chi connectivity index (χ0v) is 7.79. The maximum absolute atomic E-state index is 9.86. The highest BCUT2D eigenvalue weighted by Gasteiger charge is 1.93. The molecule has 0 aromatic heterocycles. The fourth-order valence-corrected chi connectivity index (χ4v) is 0.618. The minimum atomic E-state index is -0.981. The summed E-state index contributed by atoms with van der Waals surface area (Å²) in [6.45, 7) is 2.96. The van der Waals surface area contributed by atoms with Crippen molar-refractivity contribution in [1.29, 1.82) is 0 Å². The molecule has 6 nitrogen and oxygen atoms in total. The Morgan fingerprint density at radius 1 is 1.47 bits per heavy atom. The smallest absolute Gasteiger partial charge is 0.327 e. The highest BCUT2D eigenvalue weighted by Crippen LogP contribution is 2.03. The van der Waals surface area contributed by atoms with E-state index in [9.17, 15) is 14.9 Å². The number of para-hydroxylation sites is 1. The standard InChI is InChI=1S/C6H6N2O2.C3H4O2/c9-8(10)7-6-4-2-1-3-5-6;1-2-3(4)5/h1-5,7H;2H,1H2,(H,4,5). The maximum atomic E-state index is 9.86. The average Bonchev–Trinajstić information content (AvgIpc) is 2.19. The van der Waals surface area contributed by atoms with Gasteiger partial charge in [0.15, 0.2) is 5.03 Å². The lowest BCUT2D eigenvalue weighted by molar-refractivity contribution is -0.445. The summed E-state index contributed by atoms with van der Waals surface area (Å²) in [6, 6.07) is 8.51. The van der Waals surface area contributed by atoms with Crippen LogP contribution in [-0.4, -0.2) is 16.1 Å². The predicted octanol–water partition coefficient (Wildman–Crippen LogP) is 1.55. The van der Waals surface area contributed by atoms with Gasteiger partial charge in [0, 0.05) is 6.08 Å². The van der Waals surface area contributed by atoms with Gasteiger partial charge >= 0.3 is 5.97 Å². The molecule has 0 saturated heterocycles. The van der Waals surface area contributed by atoms with Crippen LogP contribution >= 0.6 is 0 Å². The van der Waals surface area contributed by atoms with Crippen molar-refractivity contribution in [1.82, 2.24) is 0 Å². The normalized spacial score (nSPS) is 8.00. The van der Waals surface area contributed by atoms with E-state index in [1.165, 1.54) is 0 Å². The molecule has 0 aliphatic heterocycles. The highest BCUT2D eigenvalue weighted by atomic mass is 16.7. The van der Waals surface area contributed by atoms with Gasteiger partial charge in [0.05, 0.1) is 0 Å². The molecule has 0 amide bonds. The molecule has 0 fully saturated rings. The SMILES string of the molecule is C=CC(=O)O.O=[N+]([O-])Nc1ccccc1. The van der Waals surface area contributed by atoms with Crippen molar-refractivity contribution in [3.63, 3.8) is 0 Å². The molecule has 0 saturated carbocycles. The van der Waals surface area contributed by atoms with Gasteiger partial charge < -0.3 is 5.11 Å². The van der Waals surface area contributed by atoms with Crippen molar-refractivity contribution in [2.45, 2.75) is 0 Å². The molecule has 0 heterocycles. The molecule has 1 aromatic rings. The summed E-state index contributed by atoms with van der Waals surface area (Å²) in [5, 5.41) is 16.9. The number of hydrazine groups is 1. The van der Waals surface area contributed by atoms with Crippen LogP contribution in [0.3, 0.4) is 0 Å². The number of aliphatic carboxylic acids is 1. The maximum Gasteiger partial charge on any atom is 0.327 e. The third-order valence-electron chi connectivity index (χ3n) is 1.17. The molecule has 6 heteroatoms. The van der Waals surface area contributed by atoms with Gasteiger partial charge in [0.1, 0.15) is 5.69 Å². The molecule has 80 valence electrons. The first-order valence-electron chi connectivity index (χ1n) is 3.87. The minimum absolute atomic E-state index is 0.493. The molecule has 0 aliphatic carbocycles. The molecule has 0 spiro atoms. The first-order valence-corrected chi connectivity index (χ1v) is 3.87. The summed E-state index contributed by atoms with van der Waals surface area (Å²) in [6.07, 6.45) is 0.833. The van der Waals surface area contributed by atoms with Gasteiger partial charge in [0.25, 0.3) is 0 Å². The Balaban J connectivity index is 0.000000336. The Labute approximate surface area is 86.0 Å². The van der Waals surface area contributed by atoms with Crippen LogP contribution in [0.5, 0.6) is 0 Å². The van der Waals surface area contributed by atoms with Crippen LogP contribution in [0, 0.1) is 10.1 Å². The minimum Gasteiger partial charge on any atom is -0.478 e. The molecule has 0 radical (unpaired) electrons. The number of carboxylic acids is 1. The number of rotatable bonds is 3. The second-order valence-corrected chi connectivity index (χ2v) is 2.28. The van der Waals surface area contributed by atoms with Crippen molar-refractivity contribution in [2.75, 3.05) is 5.43 Å². The fourth-order valence-electron chi connectivity index (χ4n) is 0.618. The molecule has 1 aromatic carbocycles. The van der Waals surface area contributed by atoms with Gasteiger partial charge in [-0.2, -0.15) is 0 Å². The van der Waals surface area contributed by atoms with Crippen LogP contribution in [0.2, 0.25) is 0 Å². The number of nitrogens with zero attached hydrogens (tertiary/aromatic N) is 1. The number of carboxylic acid groups (broad SMARTS) is 1. The monoisotopic (exact) mass is 210 g/mol. The van der Waals surface area contributed by atoms with E-state index in [0.717, 1.165) is 6.08 Å². The number of benzene rings is 1. The fraction of sp³-hybridized carbons (Fsp3) is 0. The van der Waals surface area contributed by atoms with E-state index >= 15 is 0 Å². The first-order chi connectivity index (χ1) is 7.06. The number of nitro groups is 1. The Morgan fingerprint density at radius 3 is 2.27 bits per heavy atom. The summed E-state index contributed by atoms with van der Waals surface area (Å²) in [5.74, 6) is -0.981. The van der Waals surface area contributed by atoms with Crippen molar-refractivity contribution in [3.8, 4) is 0 Å². The summed E-state index contributed by atoms with van der Waals surface area (Å²) < 4.78 is 0. The molecule has 0 atom stereocenters. The van der Waals surface area contributed by atoms with Crippen LogP contribution in [0.25, 0.3) is 0 Å². The van der Waals surface area contributed by atoms with E-state index in [-0.39, 0.29) is 0 Å². The van der Waals surface area contributed by atoms with E-state index in [1.807, 2.05) is 5.43 Å². The second-order valence-electron chi connectivity index (χ2n) is 2.28. The number of carbonyl (C=O) groups is 1. The zero-order chi connectivity index (χ0) is 11.7. The van der Waals surface area contributed by atoms with Crippen LogP contribution < -0.4 is 5.43 Å². The number of hydrogen-bond acceptors (Lipinski definition) is 3. The van der Waals surface area contributed by atoms with Gasteiger partial charge in [-0.15, -0.1) is 5.43 Å². The van der Waals surface area contributed by atoms with Crippen LogP contribution in [0.15, 0.2) is 43.0 Å². The third kappa shape index (κ3) is 7.97. The summed E-state index contributed by atoms with van der Waals surface area (Å²) in [4.78, 5) is 19.1. The van der Waals surface area contributed by atoms with Crippen molar-refractivity contribution in [2.24, 2.45) is 0 Å². The van der Waals surface area contributed by atoms with Gasteiger partial charge in [-0.05, 0) is 12.1 Å². The number of anilines is 1. The Kier molecular flexibility index (Phi) is 5.96. The predicted molar refractivity (Wildman–Crippen MR) is 54.9 cm³/mol. The average molecular weight is 210 g/mol. The molecular weight excluding hydrogens is 200 g/mol. The van der Waals surface area contributed by atoms with Crippen molar-refractivity contribution < 1.29 is 14.9 Å². The summed E-state index contributed by atoms with van der Waals surface area (Å²) >= 11 is 0. The van der Waals surface area contributed by atoms with Gasteiger partial charge in [-0.25, -0.2) is 14.9 Å². The lowest BCUT2D eigenvalue weighted by Crippen LogP contribution is -2.06. The Morgan fingerprint density at radius 2 is 1.93 bits per heavy atom. The number of nitrogens with one attached hydrogen (secondary N) is 1. The van der Waals surface area contributed by atoms with E-state index in [1.54, 1.807) is 30.3 Å². The highest BCUT2D eigenvalue weighted by molar-refractivity contribution is 5.78. The van der Waals surface area contributed by atoms with Gasteiger partial charge in [-0.1, -0.05) is 24.8 Å². The largest absolute Gasteiger partial charge is 0.478 e.